The van der Waals surface area contributed by atoms with Gasteiger partial charge in [0.15, 0.2) is 6.10 Å². The monoisotopic (exact) mass is 911 g/mol. The van der Waals surface area contributed by atoms with E-state index in [0.717, 1.165) is 70.6 Å². The third kappa shape index (κ3) is 49.5. The van der Waals surface area contributed by atoms with E-state index in [-0.39, 0.29) is 32.0 Å². The molecule has 0 spiro atoms. The summed E-state index contributed by atoms with van der Waals surface area (Å²) in [5, 5.41) is 0. The van der Waals surface area contributed by atoms with Crippen LogP contribution >= 0.6 is 7.82 Å². The zero-order chi connectivity index (χ0) is 46.4. The van der Waals surface area contributed by atoms with Crippen molar-refractivity contribution in [2.45, 2.75) is 245 Å². The molecule has 0 aliphatic rings. The number of ether oxygens (including phenoxy) is 2. The molecule has 0 fully saturated rings. The Balaban J connectivity index is 4.24. The number of hydrogen-bond donors (Lipinski definition) is 1. The van der Waals surface area contributed by atoms with Crippen LogP contribution in [0.25, 0.3) is 0 Å². The van der Waals surface area contributed by atoms with Crippen LogP contribution in [0.15, 0.2) is 36.5 Å². The molecule has 0 aromatic rings. The van der Waals surface area contributed by atoms with E-state index < -0.39 is 26.5 Å². The van der Waals surface area contributed by atoms with Crippen molar-refractivity contribution in [3.63, 3.8) is 0 Å². The maximum Gasteiger partial charge on any atom is 0.472 e. The number of carbonyl (C=O) groups excluding carboxylic acids is 2. The molecule has 0 aromatic carbocycles. The second-order valence-electron chi connectivity index (χ2n) is 18.9. The number of carbonyl (C=O) groups is 2. The largest absolute Gasteiger partial charge is 0.472 e. The highest BCUT2D eigenvalue weighted by Crippen LogP contribution is 2.43. The maximum absolute atomic E-state index is 12.8. The van der Waals surface area contributed by atoms with Gasteiger partial charge in [0.1, 0.15) is 19.8 Å². The van der Waals surface area contributed by atoms with Gasteiger partial charge in [-0.05, 0) is 51.4 Å². The second kappa shape index (κ2) is 45.4. The van der Waals surface area contributed by atoms with E-state index in [1.165, 1.54) is 135 Å². The lowest BCUT2D eigenvalue weighted by atomic mass is 10.0. The molecule has 0 saturated heterocycles. The van der Waals surface area contributed by atoms with E-state index in [1.807, 2.05) is 21.1 Å². The standard InChI is InChI=1S/C53H100NO8P/c1-6-8-10-12-14-16-18-20-22-24-26-28-29-31-33-35-37-39-41-43-45-52(55)59-49-51(50-61-63(57,58)60-48-47-54(3,4)5)62-53(56)46-44-42-40-38-36-34-32-30-27-25-23-21-19-17-15-13-11-9-7-2/h15,17,21,23,27,30,51H,6-14,16,18-20,22,24-26,28-29,31-50H2,1-5H3/p+1/b17-15-,23-21-,30-27-. The number of rotatable bonds is 48. The molecule has 370 valence electrons. The van der Waals surface area contributed by atoms with Gasteiger partial charge in [-0.1, -0.05) is 211 Å². The SMILES string of the molecule is CCCCC/C=C\C/C=C\C/C=C\CCCCCCCCC(=O)OC(COC(=O)CCCCCCCCCCCCCCCCCCCCCC)COP(=O)(O)OCC[N+](C)(C)C. The summed E-state index contributed by atoms with van der Waals surface area (Å²) in [6, 6.07) is 0. The molecule has 9 nitrogen and oxygen atoms in total. The van der Waals surface area contributed by atoms with Gasteiger partial charge in [0.25, 0.3) is 0 Å². The molecule has 1 N–H and O–H groups in total. The van der Waals surface area contributed by atoms with Crippen LogP contribution in [0, 0.1) is 0 Å². The van der Waals surface area contributed by atoms with Crippen LogP contribution in [0.1, 0.15) is 239 Å². The third-order valence-corrected chi connectivity index (χ3v) is 12.4. The van der Waals surface area contributed by atoms with Crippen LogP contribution < -0.4 is 0 Å². The van der Waals surface area contributed by atoms with E-state index in [2.05, 4.69) is 50.3 Å². The third-order valence-electron chi connectivity index (χ3n) is 11.4. The van der Waals surface area contributed by atoms with Crippen LogP contribution in [0.3, 0.4) is 0 Å². The Bertz CT molecular complexity index is 1170. The molecule has 0 rings (SSSR count). The molecule has 0 aliphatic heterocycles. The molecule has 2 atom stereocenters. The van der Waals surface area contributed by atoms with Gasteiger partial charge in [-0.2, -0.15) is 0 Å². The lowest BCUT2D eigenvalue weighted by molar-refractivity contribution is -0.870. The quantitative estimate of drug-likeness (QED) is 0.0211. The van der Waals surface area contributed by atoms with Gasteiger partial charge in [0.05, 0.1) is 27.7 Å². The first kappa shape index (κ1) is 61.2. The Kier molecular flexibility index (Phi) is 44.1. The minimum Gasteiger partial charge on any atom is -0.462 e. The fourth-order valence-electron chi connectivity index (χ4n) is 7.32. The number of phosphoric acid groups is 1. The Hall–Kier alpha value is -1.77. The number of phosphoric ester groups is 1. The summed E-state index contributed by atoms with van der Waals surface area (Å²) in [5.74, 6) is -0.803. The molecular formula is C53H101NO8P+. The van der Waals surface area contributed by atoms with Gasteiger partial charge in [-0.25, -0.2) is 4.57 Å². The number of likely N-dealkylation sites (N-methyl/N-ethyl adjacent to an activating group) is 1. The van der Waals surface area contributed by atoms with Crippen LogP contribution in [-0.4, -0.2) is 74.9 Å². The van der Waals surface area contributed by atoms with Crippen molar-refractivity contribution >= 4 is 19.8 Å². The van der Waals surface area contributed by atoms with Gasteiger partial charge < -0.3 is 18.9 Å². The average Bonchev–Trinajstić information content (AvgIpc) is 3.24. The number of hydrogen-bond acceptors (Lipinski definition) is 7. The van der Waals surface area contributed by atoms with Crippen molar-refractivity contribution in [2.75, 3.05) is 47.5 Å². The van der Waals surface area contributed by atoms with Gasteiger partial charge in [-0.15, -0.1) is 0 Å². The summed E-state index contributed by atoms with van der Waals surface area (Å²) in [7, 11) is 1.47. The molecule has 2 unspecified atom stereocenters. The van der Waals surface area contributed by atoms with E-state index in [4.69, 9.17) is 18.5 Å². The summed E-state index contributed by atoms with van der Waals surface area (Å²) < 4.78 is 34.5. The lowest BCUT2D eigenvalue weighted by Crippen LogP contribution is -2.37. The Morgan fingerprint density at radius 3 is 1.30 bits per heavy atom. The average molecular weight is 911 g/mol. The summed E-state index contributed by atoms with van der Waals surface area (Å²) in [6.45, 7) is 4.42. The summed E-state index contributed by atoms with van der Waals surface area (Å²) >= 11 is 0. The second-order valence-corrected chi connectivity index (χ2v) is 20.4. The van der Waals surface area contributed by atoms with Gasteiger partial charge in [0, 0.05) is 12.8 Å². The number of unbranched alkanes of at least 4 members (excludes halogenated alkanes) is 28. The summed E-state index contributed by atoms with van der Waals surface area (Å²) in [4.78, 5) is 35.6. The van der Waals surface area contributed by atoms with Crippen molar-refractivity contribution in [2.24, 2.45) is 0 Å². The topological polar surface area (TPSA) is 108 Å². The Labute approximate surface area is 389 Å². The first-order valence-corrected chi connectivity index (χ1v) is 27.7. The molecule has 0 aromatic heterocycles. The van der Waals surface area contributed by atoms with Crippen molar-refractivity contribution in [3.8, 4) is 0 Å². The van der Waals surface area contributed by atoms with Crippen LogP contribution in [0.2, 0.25) is 0 Å². The van der Waals surface area contributed by atoms with Crippen LogP contribution in [0.4, 0.5) is 0 Å². The molecule has 63 heavy (non-hydrogen) atoms. The fraction of sp³-hybridized carbons (Fsp3) is 0.849. The minimum absolute atomic E-state index is 0.0298. The molecule has 0 aliphatic carbocycles. The van der Waals surface area contributed by atoms with Crippen molar-refractivity contribution in [1.82, 2.24) is 0 Å². The Morgan fingerprint density at radius 2 is 0.857 bits per heavy atom. The lowest BCUT2D eigenvalue weighted by Gasteiger charge is -2.24. The summed E-state index contributed by atoms with van der Waals surface area (Å²) in [6.07, 6.45) is 53.3. The highest BCUT2D eigenvalue weighted by Gasteiger charge is 2.27. The zero-order valence-corrected chi connectivity index (χ0v) is 42.7. The van der Waals surface area contributed by atoms with E-state index in [9.17, 15) is 19.0 Å². The molecular weight excluding hydrogens is 810 g/mol. The molecule has 10 heteroatoms. The zero-order valence-electron chi connectivity index (χ0n) is 41.8. The smallest absolute Gasteiger partial charge is 0.462 e. The van der Waals surface area contributed by atoms with Gasteiger partial charge in [-0.3, -0.25) is 18.6 Å². The Morgan fingerprint density at radius 1 is 0.492 bits per heavy atom. The number of allylic oxidation sites excluding steroid dienone is 6. The van der Waals surface area contributed by atoms with Crippen LogP contribution in [0.5, 0.6) is 0 Å². The van der Waals surface area contributed by atoms with E-state index in [0.29, 0.717) is 17.4 Å². The molecule has 0 radical (unpaired) electrons. The van der Waals surface area contributed by atoms with Crippen molar-refractivity contribution in [3.05, 3.63) is 36.5 Å². The normalized spacial score (nSPS) is 13.7. The minimum atomic E-state index is -4.38. The predicted octanol–water partition coefficient (Wildman–Crippen LogP) is 15.6. The highest BCUT2D eigenvalue weighted by molar-refractivity contribution is 7.47. The molecule has 0 heterocycles. The maximum atomic E-state index is 12.8. The fourth-order valence-corrected chi connectivity index (χ4v) is 8.06. The van der Waals surface area contributed by atoms with E-state index >= 15 is 0 Å². The van der Waals surface area contributed by atoms with Crippen LogP contribution in [-0.2, 0) is 32.7 Å². The van der Waals surface area contributed by atoms with Crippen molar-refractivity contribution in [1.29, 1.82) is 0 Å². The first-order valence-electron chi connectivity index (χ1n) is 26.2. The number of esters is 2. The summed E-state index contributed by atoms with van der Waals surface area (Å²) in [5.41, 5.74) is 0. The highest BCUT2D eigenvalue weighted by atomic mass is 31.2. The number of quaternary nitrogens is 1. The van der Waals surface area contributed by atoms with Gasteiger partial charge >= 0.3 is 19.8 Å². The van der Waals surface area contributed by atoms with E-state index in [1.54, 1.807) is 0 Å². The molecule has 0 saturated carbocycles. The number of nitrogens with zero attached hydrogens (tertiary/aromatic N) is 1. The molecule has 0 bridgehead atoms. The van der Waals surface area contributed by atoms with Gasteiger partial charge in [0.2, 0.25) is 0 Å². The van der Waals surface area contributed by atoms with Crippen molar-refractivity contribution < 1.29 is 42.1 Å². The molecule has 0 amide bonds. The predicted molar refractivity (Wildman–Crippen MR) is 266 cm³/mol. The first-order chi connectivity index (χ1) is 30.5.